The second-order valence-electron chi connectivity index (χ2n) is 4.15. The number of hydrogen-bond donors (Lipinski definition) is 2. The Kier molecular flexibility index (Phi) is 3.39. The van der Waals surface area contributed by atoms with Crippen molar-refractivity contribution < 1.29 is 4.79 Å². The van der Waals surface area contributed by atoms with Gasteiger partial charge in [-0.15, -0.1) is 0 Å². The number of amides is 1. The van der Waals surface area contributed by atoms with Gasteiger partial charge in [0.25, 0.3) is 5.91 Å². The monoisotopic (exact) mass is 219 g/mol. The predicted molar refractivity (Wildman–Crippen MR) is 63.5 cm³/mol. The molecule has 1 fully saturated rings. The van der Waals surface area contributed by atoms with Gasteiger partial charge in [-0.1, -0.05) is 18.9 Å². The van der Waals surface area contributed by atoms with Gasteiger partial charge in [0.15, 0.2) is 0 Å². The van der Waals surface area contributed by atoms with Gasteiger partial charge >= 0.3 is 0 Å². The molecule has 2 rings (SSSR count). The predicted octanol–water partition coefficient (Wildman–Crippen LogP) is 1.65. The molecule has 1 aromatic rings. The standard InChI is InChI=1S/C12H17N3O/c1-13-11-4-2-3-10(15-11)12(16)14-8-7-9-5-6-9/h2-4,9H,5-8H2,1H3,(H,13,15)(H,14,16). The summed E-state index contributed by atoms with van der Waals surface area (Å²) in [6.45, 7) is 0.759. The third-order valence-electron chi connectivity index (χ3n) is 2.77. The minimum Gasteiger partial charge on any atom is -0.373 e. The third kappa shape index (κ3) is 2.95. The lowest BCUT2D eigenvalue weighted by atomic mass is 10.3. The van der Waals surface area contributed by atoms with E-state index in [1.165, 1.54) is 12.8 Å². The van der Waals surface area contributed by atoms with Crippen molar-refractivity contribution in [3.05, 3.63) is 23.9 Å². The minimum atomic E-state index is -0.0854. The largest absolute Gasteiger partial charge is 0.373 e. The lowest BCUT2D eigenvalue weighted by Crippen LogP contribution is -2.25. The van der Waals surface area contributed by atoms with Gasteiger partial charge < -0.3 is 10.6 Å². The lowest BCUT2D eigenvalue weighted by Gasteiger charge is -2.05. The molecule has 0 atom stereocenters. The van der Waals surface area contributed by atoms with Gasteiger partial charge in [-0.25, -0.2) is 4.98 Å². The van der Waals surface area contributed by atoms with Gasteiger partial charge in [-0.05, 0) is 24.5 Å². The van der Waals surface area contributed by atoms with E-state index in [4.69, 9.17) is 0 Å². The highest BCUT2D eigenvalue weighted by Crippen LogP contribution is 2.31. The molecular weight excluding hydrogens is 202 g/mol. The molecule has 1 heterocycles. The quantitative estimate of drug-likeness (QED) is 0.791. The highest BCUT2D eigenvalue weighted by molar-refractivity contribution is 5.92. The number of pyridine rings is 1. The first-order valence-electron chi connectivity index (χ1n) is 5.72. The van der Waals surface area contributed by atoms with Crippen LogP contribution >= 0.6 is 0 Å². The number of anilines is 1. The summed E-state index contributed by atoms with van der Waals surface area (Å²) < 4.78 is 0. The highest BCUT2D eigenvalue weighted by atomic mass is 16.1. The number of rotatable bonds is 5. The van der Waals surface area contributed by atoms with Crippen LogP contribution in [0.1, 0.15) is 29.8 Å². The Bertz CT molecular complexity index is 374. The number of aromatic nitrogens is 1. The average Bonchev–Trinajstić information content (AvgIpc) is 3.13. The van der Waals surface area contributed by atoms with Crippen molar-refractivity contribution >= 4 is 11.7 Å². The first-order chi connectivity index (χ1) is 7.79. The van der Waals surface area contributed by atoms with Crippen LogP contribution in [-0.2, 0) is 0 Å². The van der Waals surface area contributed by atoms with Gasteiger partial charge in [-0.3, -0.25) is 4.79 Å². The SMILES string of the molecule is CNc1cccc(C(=O)NCCC2CC2)n1. The number of carbonyl (C=O) groups excluding carboxylic acids is 1. The van der Waals surface area contributed by atoms with Crippen molar-refractivity contribution in [3.8, 4) is 0 Å². The van der Waals surface area contributed by atoms with Gasteiger partial charge in [0, 0.05) is 13.6 Å². The topological polar surface area (TPSA) is 54.0 Å². The fourth-order valence-electron chi connectivity index (χ4n) is 1.59. The van der Waals surface area contributed by atoms with Crippen LogP contribution in [0.2, 0.25) is 0 Å². The summed E-state index contributed by atoms with van der Waals surface area (Å²) in [4.78, 5) is 15.9. The molecule has 0 aromatic carbocycles. The zero-order valence-electron chi connectivity index (χ0n) is 9.49. The first kappa shape index (κ1) is 10.9. The van der Waals surface area contributed by atoms with Gasteiger partial charge in [0.1, 0.15) is 11.5 Å². The number of nitrogens with one attached hydrogen (secondary N) is 2. The first-order valence-corrected chi connectivity index (χ1v) is 5.72. The van der Waals surface area contributed by atoms with Gasteiger partial charge in [0.05, 0.1) is 0 Å². The van der Waals surface area contributed by atoms with Crippen LogP contribution in [-0.4, -0.2) is 24.5 Å². The van der Waals surface area contributed by atoms with Crippen molar-refractivity contribution in [2.75, 3.05) is 18.9 Å². The molecule has 86 valence electrons. The summed E-state index contributed by atoms with van der Waals surface area (Å²) in [5.41, 5.74) is 0.475. The van der Waals surface area contributed by atoms with E-state index in [1.807, 2.05) is 12.1 Å². The Hall–Kier alpha value is -1.58. The van der Waals surface area contributed by atoms with E-state index in [0.717, 1.165) is 24.7 Å². The fourth-order valence-corrected chi connectivity index (χ4v) is 1.59. The van der Waals surface area contributed by atoms with Crippen molar-refractivity contribution in [2.45, 2.75) is 19.3 Å². The smallest absolute Gasteiger partial charge is 0.269 e. The van der Waals surface area contributed by atoms with Gasteiger partial charge in [-0.2, -0.15) is 0 Å². The summed E-state index contributed by atoms with van der Waals surface area (Å²) in [5, 5.41) is 5.81. The summed E-state index contributed by atoms with van der Waals surface area (Å²) in [6.07, 6.45) is 3.74. The summed E-state index contributed by atoms with van der Waals surface area (Å²) >= 11 is 0. The van der Waals surface area contributed by atoms with Crippen molar-refractivity contribution in [1.29, 1.82) is 0 Å². The lowest BCUT2D eigenvalue weighted by molar-refractivity contribution is 0.0948. The normalized spacial score (nSPS) is 14.6. The molecule has 2 N–H and O–H groups in total. The van der Waals surface area contributed by atoms with Crippen LogP contribution in [0.3, 0.4) is 0 Å². The fraction of sp³-hybridized carbons (Fsp3) is 0.500. The zero-order chi connectivity index (χ0) is 11.4. The third-order valence-corrected chi connectivity index (χ3v) is 2.77. The molecule has 16 heavy (non-hydrogen) atoms. The molecule has 0 spiro atoms. The van der Waals surface area contributed by atoms with Crippen LogP contribution in [0.15, 0.2) is 18.2 Å². The van der Waals surface area contributed by atoms with E-state index < -0.39 is 0 Å². The summed E-state index contributed by atoms with van der Waals surface area (Å²) in [6, 6.07) is 5.39. The zero-order valence-corrected chi connectivity index (χ0v) is 9.49. The van der Waals surface area contributed by atoms with E-state index in [0.29, 0.717) is 5.69 Å². The summed E-state index contributed by atoms with van der Waals surface area (Å²) in [7, 11) is 1.79. The van der Waals surface area contributed by atoms with Crippen molar-refractivity contribution in [1.82, 2.24) is 10.3 Å². The van der Waals surface area contributed by atoms with Crippen LogP contribution < -0.4 is 10.6 Å². The molecule has 0 bridgehead atoms. The Balaban J connectivity index is 1.86. The summed E-state index contributed by atoms with van der Waals surface area (Å²) in [5.74, 6) is 1.48. The molecule has 0 saturated heterocycles. The Labute approximate surface area is 95.5 Å². The van der Waals surface area contributed by atoms with Crippen LogP contribution in [0.25, 0.3) is 0 Å². The molecule has 0 aliphatic heterocycles. The van der Waals surface area contributed by atoms with Crippen molar-refractivity contribution in [3.63, 3.8) is 0 Å². The van der Waals surface area contributed by atoms with E-state index >= 15 is 0 Å². The Morgan fingerprint density at radius 2 is 2.31 bits per heavy atom. The number of hydrogen-bond acceptors (Lipinski definition) is 3. The minimum absolute atomic E-state index is 0.0854. The van der Waals surface area contributed by atoms with E-state index in [2.05, 4.69) is 15.6 Å². The molecule has 1 aliphatic rings. The van der Waals surface area contributed by atoms with Crippen LogP contribution in [0.4, 0.5) is 5.82 Å². The molecule has 4 nitrogen and oxygen atoms in total. The van der Waals surface area contributed by atoms with E-state index in [9.17, 15) is 4.79 Å². The molecule has 1 saturated carbocycles. The van der Waals surface area contributed by atoms with Crippen LogP contribution in [0, 0.1) is 5.92 Å². The average molecular weight is 219 g/mol. The molecule has 4 heteroatoms. The Morgan fingerprint density at radius 3 is 3.00 bits per heavy atom. The van der Waals surface area contributed by atoms with E-state index in [1.54, 1.807) is 13.1 Å². The number of carbonyl (C=O) groups is 1. The molecule has 0 unspecified atom stereocenters. The molecule has 1 aliphatic carbocycles. The second kappa shape index (κ2) is 4.96. The maximum Gasteiger partial charge on any atom is 0.269 e. The maximum atomic E-state index is 11.7. The molecule has 0 radical (unpaired) electrons. The molecule has 1 amide bonds. The van der Waals surface area contributed by atoms with E-state index in [-0.39, 0.29) is 5.91 Å². The van der Waals surface area contributed by atoms with Crippen molar-refractivity contribution in [2.24, 2.45) is 5.92 Å². The highest BCUT2D eigenvalue weighted by Gasteiger charge is 2.20. The van der Waals surface area contributed by atoms with Crippen LogP contribution in [0.5, 0.6) is 0 Å². The molecule has 1 aromatic heterocycles. The number of nitrogens with zero attached hydrogens (tertiary/aromatic N) is 1. The second-order valence-corrected chi connectivity index (χ2v) is 4.15. The Morgan fingerprint density at radius 1 is 1.50 bits per heavy atom. The molecular formula is C12H17N3O. The maximum absolute atomic E-state index is 11.7. The van der Waals surface area contributed by atoms with Gasteiger partial charge in [0.2, 0.25) is 0 Å².